The Bertz CT molecular complexity index is 648. The molecule has 0 saturated carbocycles. The van der Waals surface area contributed by atoms with Crippen LogP contribution in [0.5, 0.6) is 5.75 Å². The van der Waals surface area contributed by atoms with Gasteiger partial charge in [-0.1, -0.05) is 42.5 Å². The fourth-order valence-electron chi connectivity index (χ4n) is 3.15. The number of rotatable bonds is 8. The molecule has 0 amide bonds. The van der Waals surface area contributed by atoms with Gasteiger partial charge in [0, 0.05) is 13.0 Å². The zero-order valence-electron chi connectivity index (χ0n) is 14.1. The molecule has 1 heterocycles. The molecule has 0 N–H and O–H groups in total. The first kappa shape index (κ1) is 16.7. The van der Waals surface area contributed by atoms with Crippen LogP contribution in [0.1, 0.15) is 35.2 Å². The summed E-state index contributed by atoms with van der Waals surface area (Å²) in [4.78, 5) is 15.0. The monoisotopic (exact) mass is 323 g/mol. The second kappa shape index (κ2) is 8.65. The third-order valence-corrected chi connectivity index (χ3v) is 4.53. The van der Waals surface area contributed by atoms with E-state index >= 15 is 0 Å². The first-order chi connectivity index (χ1) is 11.8. The molecule has 0 aliphatic carbocycles. The summed E-state index contributed by atoms with van der Waals surface area (Å²) in [6.07, 6.45) is 3.85. The highest BCUT2D eigenvalue weighted by Crippen LogP contribution is 2.21. The van der Waals surface area contributed by atoms with Crippen molar-refractivity contribution in [3.05, 3.63) is 65.7 Å². The van der Waals surface area contributed by atoms with E-state index in [0.29, 0.717) is 18.6 Å². The zero-order chi connectivity index (χ0) is 16.6. The molecule has 0 atom stereocenters. The van der Waals surface area contributed by atoms with Crippen LogP contribution in [-0.2, 0) is 6.42 Å². The maximum Gasteiger partial charge on any atom is 0.166 e. The van der Waals surface area contributed by atoms with E-state index in [1.807, 2.05) is 42.5 Å². The lowest BCUT2D eigenvalue weighted by Gasteiger charge is -2.16. The average molecular weight is 323 g/mol. The Morgan fingerprint density at radius 3 is 2.46 bits per heavy atom. The van der Waals surface area contributed by atoms with Gasteiger partial charge in [-0.05, 0) is 50.0 Å². The summed E-state index contributed by atoms with van der Waals surface area (Å²) < 4.78 is 5.91. The molecule has 1 aliphatic rings. The predicted molar refractivity (Wildman–Crippen MR) is 96.7 cm³/mol. The van der Waals surface area contributed by atoms with Gasteiger partial charge in [-0.25, -0.2) is 0 Å². The average Bonchev–Trinajstić information content (AvgIpc) is 3.14. The molecule has 126 valence electrons. The van der Waals surface area contributed by atoms with E-state index in [-0.39, 0.29) is 5.78 Å². The number of likely N-dealkylation sites (tertiary alicyclic amines) is 1. The molecule has 3 rings (SSSR count). The smallest absolute Gasteiger partial charge is 0.166 e. The number of nitrogens with zero attached hydrogens (tertiary/aromatic N) is 1. The van der Waals surface area contributed by atoms with Crippen LogP contribution in [0.2, 0.25) is 0 Å². The van der Waals surface area contributed by atoms with Crippen molar-refractivity contribution in [3.8, 4) is 5.75 Å². The molecule has 1 fully saturated rings. The number of para-hydroxylation sites is 1. The molecule has 1 saturated heterocycles. The minimum atomic E-state index is 0.149. The summed E-state index contributed by atoms with van der Waals surface area (Å²) in [7, 11) is 0. The van der Waals surface area contributed by atoms with Gasteiger partial charge in [0.25, 0.3) is 0 Å². The summed E-state index contributed by atoms with van der Waals surface area (Å²) in [6, 6.07) is 17.7. The Kier molecular flexibility index (Phi) is 6.02. The van der Waals surface area contributed by atoms with Crippen molar-refractivity contribution < 1.29 is 9.53 Å². The highest BCUT2D eigenvalue weighted by Gasteiger charge is 2.14. The van der Waals surface area contributed by atoms with Crippen LogP contribution in [0.4, 0.5) is 0 Å². The number of benzene rings is 2. The Morgan fingerprint density at radius 2 is 1.67 bits per heavy atom. The standard InChI is InChI=1S/C21H25NO2/c23-20(13-12-18-8-2-1-3-9-18)19-10-4-5-11-21(19)24-17-16-22-14-6-7-15-22/h1-5,8-11H,6-7,12-17H2. The Balaban J connectivity index is 1.55. The van der Waals surface area contributed by atoms with Gasteiger partial charge in [-0.15, -0.1) is 0 Å². The van der Waals surface area contributed by atoms with Crippen LogP contribution in [0.15, 0.2) is 54.6 Å². The van der Waals surface area contributed by atoms with Crippen LogP contribution in [0.3, 0.4) is 0 Å². The van der Waals surface area contributed by atoms with Crippen LogP contribution in [-0.4, -0.2) is 36.9 Å². The Morgan fingerprint density at radius 1 is 0.958 bits per heavy atom. The highest BCUT2D eigenvalue weighted by molar-refractivity contribution is 5.98. The quantitative estimate of drug-likeness (QED) is 0.688. The molecule has 0 spiro atoms. The molecule has 1 aliphatic heterocycles. The van der Waals surface area contributed by atoms with Crippen molar-refractivity contribution in [3.63, 3.8) is 0 Å². The number of ketones is 1. The minimum Gasteiger partial charge on any atom is -0.491 e. The van der Waals surface area contributed by atoms with Crippen molar-refractivity contribution in [1.29, 1.82) is 0 Å². The molecule has 3 nitrogen and oxygen atoms in total. The van der Waals surface area contributed by atoms with E-state index < -0.39 is 0 Å². The van der Waals surface area contributed by atoms with Gasteiger partial charge in [-0.3, -0.25) is 9.69 Å². The summed E-state index contributed by atoms with van der Waals surface area (Å²) in [6.45, 7) is 3.91. The summed E-state index contributed by atoms with van der Waals surface area (Å²) in [5, 5.41) is 0. The van der Waals surface area contributed by atoms with Gasteiger partial charge in [-0.2, -0.15) is 0 Å². The first-order valence-electron chi connectivity index (χ1n) is 8.84. The normalized spacial score (nSPS) is 14.7. The van der Waals surface area contributed by atoms with E-state index in [9.17, 15) is 4.79 Å². The minimum absolute atomic E-state index is 0.149. The molecular weight excluding hydrogens is 298 g/mol. The number of carbonyl (C=O) groups excluding carboxylic acids is 1. The van der Waals surface area contributed by atoms with Gasteiger partial charge in [0.2, 0.25) is 0 Å². The molecule has 0 bridgehead atoms. The summed E-state index contributed by atoms with van der Waals surface area (Å²) >= 11 is 0. The lowest BCUT2D eigenvalue weighted by atomic mass is 10.0. The molecule has 24 heavy (non-hydrogen) atoms. The number of hydrogen-bond acceptors (Lipinski definition) is 3. The van der Waals surface area contributed by atoms with Gasteiger partial charge in [0.05, 0.1) is 5.56 Å². The first-order valence-corrected chi connectivity index (χ1v) is 8.84. The maximum atomic E-state index is 12.6. The van der Waals surface area contributed by atoms with Crippen molar-refractivity contribution in [2.24, 2.45) is 0 Å². The molecule has 2 aromatic rings. The maximum absolute atomic E-state index is 12.6. The van der Waals surface area contributed by atoms with E-state index in [1.54, 1.807) is 0 Å². The van der Waals surface area contributed by atoms with E-state index in [1.165, 1.54) is 31.5 Å². The Hall–Kier alpha value is -2.13. The highest BCUT2D eigenvalue weighted by atomic mass is 16.5. The lowest BCUT2D eigenvalue weighted by Crippen LogP contribution is -2.25. The molecular formula is C21H25NO2. The van der Waals surface area contributed by atoms with Crippen molar-refractivity contribution in [2.75, 3.05) is 26.2 Å². The largest absolute Gasteiger partial charge is 0.491 e. The molecule has 0 aromatic heterocycles. The van der Waals surface area contributed by atoms with Crippen LogP contribution in [0, 0.1) is 0 Å². The topological polar surface area (TPSA) is 29.5 Å². The third-order valence-electron chi connectivity index (χ3n) is 4.53. The Labute approximate surface area is 144 Å². The molecule has 0 unspecified atom stereocenters. The SMILES string of the molecule is O=C(CCc1ccccc1)c1ccccc1OCCN1CCCC1. The molecule has 2 aromatic carbocycles. The van der Waals surface area contributed by atoms with Crippen molar-refractivity contribution >= 4 is 5.78 Å². The van der Waals surface area contributed by atoms with E-state index in [4.69, 9.17) is 4.74 Å². The van der Waals surface area contributed by atoms with Gasteiger partial charge >= 0.3 is 0 Å². The third kappa shape index (κ3) is 4.68. The number of hydrogen-bond donors (Lipinski definition) is 0. The molecule has 0 radical (unpaired) electrons. The van der Waals surface area contributed by atoms with E-state index in [0.717, 1.165) is 18.7 Å². The van der Waals surface area contributed by atoms with Crippen molar-refractivity contribution in [2.45, 2.75) is 25.7 Å². The van der Waals surface area contributed by atoms with E-state index in [2.05, 4.69) is 17.0 Å². The fraction of sp³-hybridized carbons (Fsp3) is 0.381. The number of aryl methyl sites for hydroxylation is 1. The number of carbonyl (C=O) groups is 1. The van der Waals surface area contributed by atoms with Gasteiger partial charge in [0.1, 0.15) is 12.4 Å². The fourth-order valence-corrected chi connectivity index (χ4v) is 3.15. The predicted octanol–water partition coefficient (Wildman–Crippen LogP) is 3.98. The van der Waals surface area contributed by atoms with Crippen LogP contribution >= 0.6 is 0 Å². The summed E-state index contributed by atoms with van der Waals surface area (Å²) in [5.74, 6) is 0.866. The number of Topliss-reactive ketones (excluding diaryl/α,β-unsaturated/α-hetero) is 1. The lowest BCUT2D eigenvalue weighted by molar-refractivity contribution is 0.0978. The zero-order valence-corrected chi connectivity index (χ0v) is 14.1. The van der Waals surface area contributed by atoms with Gasteiger partial charge < -0.3 is 4.74 Å². The second-order valence-electron chi connectivity index (χ2n) is 6.30. The second-order valence-corrected chi connectivity index (χ2v) is 6.30. The van der Waals surface area contributed by atoms with Crippen LogP contribution in [0.25, 0.3) is 0 Å². The van der Waals surface area contributed by atoms with Crippen molar-refractivity contribution in [1.82, 2.24) is 4.90 Å². The van der Waals surface area contributed by atoms with Gasteiger partial charge in [0.15, 0.2) is 5.78 Å². The number of ether oxygens (including phenoxy) is 1. The van der Waals surface area contributed by atoms with Crippen LogP contribution < -0.4 is 4.74 Å². The summed E-state index contributed by atoms with van der Waals surface area (Å²) in [5.41, 5.74) is 1.90. The molecule has 3 heteroatoms.